The molecule has 0 saturated carbocycles. The number of ether oxygens (including phenoxy) is 1. The molecule has 6 heteroatoms. The van der Waals surface area contributed by atoms with E-state index in [9.17, 15) is 4.79 Å². The zero-order valence-electron chi connectivity index (χ0n) is 12.8. The SMILES string of the molecule is CC(C)(C)NC(=O)OCc1ccc(-n2ccc(C#N)n2)cc1. The van der Waals surface area contributed by atoms with Gasteiger partial charge in [-0.05, 0) is 44.5 Å². The van der Waals surface area contributed by atoms with Crippen LogP contribution in [-0.4, -0.2) is 21.4 Å². The Labute approximate surface area is 129 Å². The van der Waals surface area contributed by atoms with Crippen LogP contribution in [0.1, 0.15) is 32.0 Å². The highest BCUT2D eigenvalue weighted by Gasteiger charge is 2.14. The van der Waals surface area contributed by atoms with Crippen LogP contribution >= 0.6 is 0 Å². The van der Waals surface area contributed by atoms with Crippen molar-refractivity contribution < 1.29 is 9.53 Å². The molecule has 1 N–H and O–H groups in total. The molecule has 0 fully saturated rings. The lowest BCUT2D eigenvalue weighted by atomic mass is 10.1. The molecule has 0 aliphatic carbocycles. The standard InChI is InChI=1S/C16H18N4O2/c1-16(2,3)18-15(21)22-11-12-4-6-14(7-5-12)20-9-8-13(10-17)19-20/h4-9H,11H2,1-3H3,(H,18,21). The third-order valence-electron chi connectivity index (χ3n) is 2.75. The number of amides is 1. The first-order chi connectivity index (χ1) is 10.4. The van der Waals surface area contributed by atoms with Crippen LogP contribution in [0.25, 0.3) is 5.69 Å². The van der Waals surface area contributed by atoms with Gasteiger partial charge in [-0.2, -0.15) is 10.4 Å². The van der Waals surface area contributed by atoms with Gasteiger partial charge in [-0.15, -0.1) is 0 Å². The maximum atomic E-state index is 11.6. The van der Waals surface area contributed by atoms with E-state index in [1.807, 2.05) is 51.1 Å². The van der Waals surface area contributed by atoms with E-state index < -0.39 is 6.09 Å². The molecule has 6 nitrogen and oxygen atoms in total. The molecule has 2 rings (SSSR count). The monoisotopic (exact) mass is 298 g/mol. The number of nitrogens with one attached hydrogen (secondary N) is 1. The van der Waals surface area contributed by atoms with Gasteiger partial charge in [0.2, 0.25) is 0 Å². The highest BCUT2D eigenvalue weighted by Crippen LogP contribution is 2.11. The van der Waals surface area contributed by atoms with Crippen molar-refractivity contribution in [2.45, 2.75) is 32.9 Å². The fraction of sp³-hybridized carbons (Fsp3) is 0.312. The summed E-state index contributed by atoms with van der Waals surface area (Å²) in [6, 6.07) is 11.1. The lowest BCUT2D eigenvalue weighted by Crippen LogP contribution is -2.40. The normalized spacial score (nSPS) is 10.8. The highest BCUT2D eigenvalue weighted by atomic mass is 16.5. The fourth-order valence-electron chi connectivity index (χ4n) is 1.76. The first-order valence-electron chi connectivity index (χ1n) is 6.87. The maximum Gasteiger partial charge on any atom is 0.407 e. The van der Waals surface area contributed by atoms with Crippen LogP contribution in [0.4, 0.5) is 4.79 Å². The Balaban J connectivity index is 1.95. The molecule has 0 unspecified atom stereocenters. The predicted molar refractivity (Wildman–Crippen MR) is 81.4 cm³/mol. The van der Waals surface area contributed by atoms with E-state index in [0.717, 1.165) is 11.3 Å². The van der Waals surface area contributed by atoms with Gasteiger partial charge in [-0.25, -0.2) is 9.48 Å². The number of carbonyl (C=O) groups excluding carboxylic acids is 1. The van der Waals surface area contributed by atoms with E-state index in [2.05, 4.69) is 10.4 Å². The number of benzene rings is 1. The number of hydrogen-bond acceptors (Lipinski definition) is 4. The van der Waals surface area contributed by atoms with Gasteiger partial charge in [0.25, 0.3) is 0 Å². The van der Waals surface area contributed by atoms with Crippen LogP contribution in [0.5, 0.6) is 0 Å². The van der Waals surface area contributed by atoms with E-state index in [-0.39, 0.29) is 12.1 Å². The van der Waals surface area contributed by atoms with Crippen LogP contribution in [0.3, 0.4) is 0 Å². The van der Waals surface area contributed by atoms with Crippen molar-refractivity contribution in [3.05, 3.63) is 47.8 Å². The molecule has 0 aliphatic heterocycles. The van der Waals surface area contributed by atoms with E-state index in [1.165, 1.54) is 0 Å². The molecular formula is C16H18N4O2. The minimum atomic E-state index is -0.442. The Hall–Kier alpha value is -2.81. The molecule has 0 radical (unpaired) electrons. The number of aromatic nitrogens is 2. The molecule has 1 aromatic heterocycles. The lowest BCUT2D eigenvalue weighted by Gasteiger charge is -2.19. The van der Waals surface area contributed by atoms with Crippen molar-refractivity contribution in [3.63, 3.8) is 0 Å². The molecule has 0 atom stereocenters. The number of nitrogens with zero attached hydrogens (tertiary/aromatic N) is 3. The molecule has 0 saturated heterocycles. The van der Waals surface area contributed by atoms with Crippen molar-refractivity contribution in [1.82, 2.24) is 15.1 Å². The van der Waals surface area contributed by atoms with E-state index >= 15 is 0 Å². The summed E-state index contributed by atoms with van der Waals surface area (Å²) in [4.78, 5) is 11.6. The summed E-state index contributed by atoms with van der Waals surface area (Å²) >= 11 is 0. The molecular weight excluding hydrogens is 280 g/mol. The zero-order valence-corrected chi connectivity index (χ0v) is 12.8. The predicted octanol–water partition coefficient (Wildman–Crippen LogP) is 2.77. The second-order valence-corrected chi connectivity index (χ2v) is 5.87. The van der Waals surface area contributed by atoms with Gasteiger partial charge in [0.05, 0.1) is 5.69 Å². The number of rotatable bonds is 3. The minimum absolute atomic E-state index is 0.199. The smallest absolute Gasteiger partial charge is 0.407 e. The number of alkyl carbamates (subject to hydrolysis) is 1. The molecule has 1 amide bonds. The van der Waals surface area contributed by atoms with Gasteiger partial charge in [0.1, 0.15) is 12.7 Å². The summed E-state index contributed by atoms with van der Waals surface area (Å²) in [5, 5.41) is 15.6. The highest BCUT2D eigenvalue weighted by molar-refractivity contribution is 5.68. The van der Waals surface area contributed by atoms with Crippen molar-refractivity contribution >= 4 is 6.09 Å². The van der Waals surface area contributed by atoms with Crippen LogP contribution in [0, 0.1) is 11.3 Å². The van der Waals surface area contributed by atoms with E-state index in [0.29, 0.717) is 5.69 Å². The van der Waals surface area contributed by atoms with E-state index in [4.69, 9.17) is 10.00 Å². The lowest BCUT2D eigenvalue weighted by molar-refractivity contribution is 0.131. The number of nitriles is 1. The first kappa shape index (κ1) is 15.6. The zero-order chi connectivity index (χ0) is 16.2. The average Bonchev–Trinajstić information content (AvgIpc) is 2.93. The minimum Gasteiger partial charge on any atom is -0.445 e. The Bertz CT molecular complexity index is 690. The molecule has 0 bridgehead atoms. The third kappa shape index (κ3) is 4.35. The van der Waals surface area contributed by atoms with Crippen molar-refractivity contribution in [1.29, 1.82) is 5.26 Å². The van der Waals surface area contributed by atoms with Crippen molar-refractivity contribution in [2.75, 3.05) is 0 Å². The van der Waals surface area contributed by atoms with E-state index in [1.54, 1.807) is 16.9 Å². The average molecular weight is 298 g/mol. The van der Waals surface area contributed by atoms with Crippen LogP contribution < -0.4 is 5.32 Å². The molecule has 2 aromatic rings. The largest absolute Gasteiger partial charge is 0.445 e. The van der Waals surface area contributed by atoms with Crippen LogP contribution in [-0.2, 0) is 11.3 Å². The van der Waals surface area contributed by atoms with Crippen LogP contribution in [0.15, 0.2) is 36.5 Å². The topological polar surface area (TPSA) is 79.9 Å². The summed E-state index contributed by atoms with van der Waals surface area (Å²) in [5.74, 6) is 0. The van der Waals surface area contributed by atoms with Crippen molar-refractivity contribution in [2.24, 2.45) is 0 Å². The summed E-state index contributed by atoms with van der Waals surface area (Å²) < 4.78 is 6.78. The number of carbonyl (C=O) groups is 1. The molecule has 1 aromatic carbocycles. The third-order valence-corrected chi connectivity index (χ3v) is 2.75. The van der Waals surface area contributed by atoms with Gasteiger partial charge >= 0.3 is 6.09 Å². The number of hydrogen-bond donors (Lipinski definition) is 1. The Kier molecular flexibility index (Phi) is 4.47. The summed E-state index contributed by atoms with van der Waals surface area (Å²) in [5.41, 5.74) is 1.76. The Morgan fingerprint density at radius 3 is 2.55 bits per heavy atom. The Morgan fingerprint density at radius 1 is 1.32 bits per heavy atom. The van der Waals surface area contributed by atoms with Gasteiger partial charge in [-0.3, -0.25) is 0 Å². The maximum absolute atomic E-state index is 11.6. The summed E-state index contributed by atoms with van der Waals surface area (Å²) in [7, 11) is 0. The quantitative estimate of drug-likeness (QED) is 0.944. The van der Waals surface area contributed by atoms with Gasteiger partial charge in [0, 0.05) is 11.7 Å². The van der Waals surface area contributed by atoms with Gasteiger partial charge in [0.15, 0.2) is 5.69 Å². The first-order valence-corrected chi connectivity index (χ1v) is 6.87. The second kappa shape index (κ2) is 6.31. The molecule has 0 spiro atoms. The molecule has 114 valence electrons. The Morgan fingerprint density at radius 2 is 2.00 bits per heavy atom. The summed E-state index contributed by atoms with van der Waals surface area (Å²) in [6.07, 6.45) is 1.28. The molecule has 22 heavy (non-hydrogen) atoms. The molecule has 1 heterocycles. The summed E-state index contributed by atoms with van der Waals surface area (Å²) in [6.45, 7) is 5.87. The second-order valence-electron chi connectivity index (χ2n) is 5.87. The van der Waals surface area contributed by atoms with Gasteiger partial charge in [-0.1, -0.05) is 12.1 Å². The van der Waals surface area contributed by atoms with Gasteiger partial charge < -0.3 is 10.1 Å². The fourth-order valence-corrected chi connectivity index (χ4v) is 1.76. The molecule has 0 aliphatic rings. The van der Waals surface area contributed by atoms with Crippen molar-refractivity contribution in [3.8, 4) is 11.8 Å². The van der Waals surface area contributed by atoms with Crippen LogP contribution in [0.2, 0.25) is 0 Å².